The maximum Gasteiger partial charge on any atom is 0.224 e. The van der Waals surface area contributed by atoms with Crippen molar-refractivity contribution < 1.29 is 8.42 Å². The largest absolute Gasteiger partial charge is 0.317 e. The van der Waals surface area contributed by atoms with Gasteiger partial charge in [0.25, 0.3) is 0 Å². The number of nitrogens with zero attached hydrogens (tertiary/aromatic N) is 1. The first-order valence-electron chi connectivity index (χ1n) is 7.47. The van der Waals surface area contributed by atoms with Crippen LogP contribution in [0, 0.1) is 5.92 Å². The van der Waals surface area contributed by atoms with Gasteiger partial charge in [0, 0.05) is 12.1 Å². The molecular weight excluding hydrogens is 262 g/mol. The van der Waals surface area contributed by atoms with Gasteiger partial charge in [0.05, 0.1) is 5.75 Å². The molecule has 0 radical (unpaired) electrons. The quantitative estimate of drug-likeness (QED) is 0.813. The predicted octanol–water partition coefficient (Wildman–Crippen LogP) is 1.08. The molecule has 2 unspecified atom stereocenters. The number of rotatable bonds is 4. The molecule has 0 bridgehead atoms. The van der Waals surface area contributed by atoms with E-state index in [4.69, 9.17) is 0 Å². The molecular formula is C13H27N3O2S. The third kappa shape index (κ3) is 4.41. The Morgan fingerprint density at radius 1 is 1.11 bits per heavy atom. The summed E-state index contributed by atoms with van der Waals surface area (Å²) in [4.78, 5) is 2.83. The van der Waals surface area contributed by atoms with Crippen LogP contribution in [-0.2, 0) is 10.0 Å². The molecule has 0 aromatic heterocycles. The Bertz CT molecular complexity index is 369. The third-order valence-corrected chi connectivity index (χ3v) is 5.75. The van der Waals surface area contributed by atoms with Crippen molar-refractivity contribution in [3.8, 4) is 0 Å². The lowest BCUT2D eigenvalue weighted by molar-refractivity contribution is 0.0788. The Morgan fingerprint density at radius 2 is 1.68 bits per heavy atom. The summed E-state index contributed by atoms with van der Waals surface area (Å²) in [6.07, 6.45) is 5.26. The van der Waals surface area contributed by atoms with Crippen LogP contribution >= 0.6 is 0 Å². The Morgan fingerprint density at radius 3 is 2.26 bits per heavy atom. The first-order chi connectivity index (χ1) is 8.98. The number of piperidine rings is 2. The molecule has 2 heterocycles. The zero-order valence-electron chi connectivity index (χ0n) is 12.1. The molecule has 5 nitrogen and oxygen atoms in total. The number of nitrogens with one attached hydrogen (secondary N) is 2. The van der Waals surface area contributed by atoms with E-state index >= 15 is 0 Å². The minimum Gasteiger partial charge on any atom is -0.317 e. The molecule has 112 valence electrons. The van der Waals surface area contributed by atoms with Crippen molar-refractivity contribution in [1.29, 1.82) is 0 Å². The second-order valence-corrected chi connectivity index (χ2v) is 7.85. The average molecular weight is 289 g/mol. The van der Waals surface area contributed by atoms with Crippen molar-refractivity contribution in [1.82, 2.24) is 15.2 Å². The van der Waals surface area contributed by atoms with Gasteiger partial charge in [-0.05, 0) is 58.5 Å². The lowest BCUT2D eigenvalue weighted by atomic mass is 10.0. The third-order valence-electron chi connectivity index (χ3n) is 4.35. The maximum atomic E-state index is 12.3. The van der Waals surface area contributed by atoms with Gasteiger partial charge in [0.15, 0.2) is 0 Å². The highest BCUT2D eigenvalue weighted by atomic mass is 32.2. The highest BCUT2D eigenvalue weighted by Gasteiger charge is 2.29. The smallest absolute Gasteiger partial charge is 0.224 e. The summed E-state index contributed by atoms with van der Waals surface area (Å²) in [5.41, 5.74) is 0. The fourth-order valence-corrected chi connectivity index (χ4v) is 4.87. The first-order valence-corrected chi connectivity index (χ1v) is 9.12. The van der Waals surface area contributed by atoms with Gasteiger partial charge in [0.2, 0.25) is 10.0 Å². The highest BCUT2D eigenvalue weighted by Crippen LogP contribution is 2.21. The van der Waals surface area contributed by atoms with Crippen molar-refractivity contribution in [3.63, 3.8) is 0 Å². The zero-order valence-corrected chi connectivity index (χ0v) is 12.9. The van der Waals surface area contributed by atoms with E-state index in [9.17, 15) is 8.42 Å². The monoisotopic (exact) mass is 289 g/mol. The Balaban J connectivity index is 1.91. The fourth-order valence-electron chi connectivity index (χ4n) is 3.16. The number of hydrogen-bond acceptors (Lipinski definition) is 4. The lowest BCUT2D eigenvalue weighted by Gasteiger charge is -2.38. The molecule has 6 heteroatoms. The second kappa shape index (κ2) is 6.52. The molecule has 0 aliphatic carbocycles. The normalized spacial score (nSPS) is 31.5. The Hall–Kier alpha value is -0.170. The average Bonchev–Trinajstić information content (AvgIpc) is 2.35. The molecule has 0 spiro atoms. The zero-order chi connectivity index (χ0) is 13.9. The van der Waals surface area contributed by atoms with Crippen molar-refractivity contribution in [2.24, 2.45) is 5.92 Å². The van der Waals surface area contributed by atoms with Gasteiger partial charge in [-0.3, -0.25) is 0 Å². The van der Waals surface area contributed by atoms with Gasteiger partial charge >= 0.3 is 0 Å². The lowest BCUT2D eigenvalue weighted by Crippen LogP contribution is -2.55. The highest BCUT2D eigenvalue weighted by molar-refractivity contribution is 7.89. The Kier molecular flexibility index (Phi) is 5.22. The van der Waals surface area contributed by atoms with Crippen molar-refractivity contribution in [3.05, 3.63) is 0 Å². The summed E-state index contributed by atoms with van der Waals surface area (Å²) in [6, 6.07) is 0.595. The number of sulfonamides is 1. The minimum absolute atomic E-state index is 0.268. The van der Waals surface area contributed by atoms with Crippen LogP contribution in [0.15, 0.2) is 0 Å². The number of hydrazine groups is 1. The summed E-state index contributed by atoms with van der Waals surface area (Å²) < 4.78 is 24.6. The van der Waals surface area contributed by atoms with E-state index in [1.807, 2.05) is 5.01 Å². The molecule has 2 N–H and O–H groups in total. The summed E-state index contributed by atoms with van der Waals surface area (Å²) in [5, 5.41) is 5.21. The van der Waals surface area contributed by atoms with Gasteiger partial charge in [-0.1, -0.05) is 6.42 Å². The van der Waals surface area contributed by atoms with E-state index < -0.39 is 10.0 Å². The number of hydrogen-bond donors (Lipinski definition) is 2. The summed E-state index contributed by atoms with van der Waals surface area (Å²) >= 11 is 0. The summed E-state index contributed by atoms with van der Waals surface area (Å²) in [7, 11) is -3.20. The molecule has 2 aliphatic heterocycles. The van der Waals surface area contributed by atoms with E-state index in [1.165, 1.54) is 6.42 Å². The minimum atomic E-state index is -3.20. The van der Waals surface area contributed by atoms with Crippen LogP contribution in [0.5, 0.6) is 0 Å². The van der Waals surface area contributed by atoms with E-state index in [0.717, 1.165) is 38.8 Å². The molecule has 2 rings (SSSR count). The standard InChI is InChI=1S/C13H27N3O2S/c1-11-4-3-5-12(2)16(11)15-19(17,18)10-13-6-8-14-9-7-13/h11-15H,3-10H2,1-2H3. The molecule has 2 saturated heterocycles. The van der Waals surface area contributed by atoms with Crippen molar-refractivity contribution in [2.45, 2.75) is 58.0 Å². The van der Waals surface area contributed by atoms with Crippen LogP contribution in [0.1, 0.15) is 46.0 Å². The van der Waals surface area contributed by atoms with Crippen LogP contribution in [0.25, 0.3) is 0 Å². The van der Waals surface area contributed by atoms with Crippen LogP contribution in [-0.4, -0.2) is 44.4 Å². The van der Waals surface area contributed by atoms with Gasteiger partial charge < -0.3 is 5.32 Å². The Labute approximate surface area is 117 Å². The van der Waals surface area contributed by atoms with Gasteiger partial charge in [0.1, 0.15) is 0 Å². The van der Waals surface area contributed by atoms with E-state index in [2.05, 4.69) is 24.0 Å². The van der Waals surface area contributed by atoms with Crippen LogP contribution in [0.3, 0.4) is 0 Å². The van der Waals surface area contributed by atoms with Gasteiger partial charge in [-0.15, -0.1) is 4.83 Å². The second-order valence-electron chi connectivity index (χ2n) is 6.10. The topological polar surface area (TPSA) is 61.4 Å². The molecule has 0 amide bonds. The SMILES string of the molecule is CC1CCCC(C)N1NS(=O)(=O)CC1CCNCC1. The molecule has 19 heavy (non-hydrogen) atoms. The van der Waals surface area contributed by atoms with Crippen LogP contribution in [0.4, 0.5) is 0 Å². The molecule has 2 fully saturated rings. The van der Waals surface area contributed by atoms with Gasteiger partial charge in [-0.2, -0.15) is 0 Å². The summed E-state index contributed by atoms with van der Waals surface area (Å²) in [6.45, 7) is 6.08. The van der Waals surface area contributed by atoms with Crippen LogP contribution in [0.2, 0.25) is 0 Å². The first kappa shape index (κ1) is 15.2. The van der Waals surface area contributed by atoms with E-state index in [1.54, 1.807) is 0 Å². The molecule has 0 aromatic carbocycles. The summed E-state index contributed by atoms with van der Waals surface area (Å²) in [5.74, 6) is 0.569. The molecule has 0 aromatic rings. The molecule has 0 saturated carbocycles. The van der Waals surface area contributed by atoms with Crippen LogP contribution < -0.4 is 10.1 Å². The van der Waals surface area contributed by atoms with Gasteiger partial charge in [-0.25, -0.2) is 13.4 Å². The predicted molar refractivity (Wildman–Crippen MR) is 77.1 cm³/mol. The van der Waals surface area contributed by atoms with Crippen molar-refractivity contribution in [2.75, 3.05) is 18.8 Å². The van der Waals surface area contributed by atoms with Crippen molar-refractivity contribution >= 4 is 10.0 Å². The molecule has 2 aliphatic rings. The van der Waals surface area contributed by atoms with E-state index in [0.29, 0.717) is 18.0 Å². The fraction of sp³-hybridized carbons (Fsp3) is 1.00. The maximum absolute atomic E-state index is 12.3. The molecule has 2 atom stereocenters. The van der Waals surface area contributed by atoms with E-state index in [-0.39, 0.29) is 5.75 Å².